The highest BCUT2D eigenvalue weighted by molar-refractivity contribution is 5.96. The summed E-state index contributed by atoms with van der Waals surface area (Å²) in [5, 5.41) is 12.6. The maximum absolute atomic E-state index is 12.6. The van der Waals surface area contributed by atoms with Crippen molar-refractivity contribution in [2.45, 2.75) is 39.2 Å². The van der Waals surface area contributed by atoms with Gasteiger partial charge in [0.15, 0.2) is 0 Å². The summed E-state index contributed by atoms with van der Waals surface area (Å²) in [4.78, 5) is 31.4. The number of aliphatic hydroxyl groups excluding tert-OH is 1. The third-order valence-corrected chi connectivity index (χ3v) is 5.65. The monoisotopic (exact) mass is 346 g/mol. The molecule has 4 N–H and O–H groups in total. The summed E-state index contributed by atoms with van der Waals surface area (Å²) in [7, 11) is 0. The molecule has 1 unspecified atom stereocenters. The van der Waals surface area contributed by atoms with E-state index in [9.17, 15) is 14.7 Å². The smallest absolute Gasteiger partial charge is 0.323 e. The van der Waals surface area contributed by atoms with Crippen LogP contribution in [-0.4, -0.2) is 51.6 Å². The number of fused-ring (bicyclic) bond motifs is 1. The molecule has 136 valence electrons. The van der Waals surface area contributed by atoms with Crippen LogP contribution in [0.4, 0.5) is 5.69 Å². The van der Waals surface area contributed by atoms with Gasteiger partial charge >= 0.3 is 5.69 Å². The number of nitrogens with one attached hydrogen (secondary N) is 3. The van der Waals surface area contributed by atoms with E-state index in [1.807, 2.05) is 6.92 Å². The molecular formula is C18H26N4O3. The molecule has 7 heteroatoms. The largest absolute Gasteiger partial charge is 0.396 e. The zero-order valence-corrected chi connectivity index (χ0v) is 14.8. The first-order valence-corrected chi connectivity index (χ1v) is 8.84. The zero-order chi connectivity index (χ0) is 18.0. The Kier molecular flexibility index (Phi) is 4.96. The van der Waals surface area contributed by atoms with E-state index in [0.29, 0.717) is 16.7 Å². The number of carbonyl (C=O) groups is 1. The molecule has 0 saturated carbocycles. The first kappa shape index (κ1) is 17.7. The van der Waals surface area contributed by atoms with Crippen LogP contribution in [-0.2, 0) is 4.79 Å². The Morgan fingerprint density at radius 2 is 2.00 bits per heavy atom. The third-order valence-electron chi connectivity index (χ3n) is 5.65. The van der Waals surface area contributed by atoms with Gasteiger partial charge < -0.3 is 20.4 Å². The number of nitrogens with zero attached hydrogens (tertiary/aromatic N) is 1. The minimum Gasteiger partial charge on any atom is -0.396 e. The topological polar surface area (TPSA) is 101 Å². The van der Waals surface area contributed by atoms with Crippen molar-refractivity contribution in [2.75, 3.05) is 25.0 Å². The fraction of sp³-hybridized carbons (Fsp3) is 0.556. The Bertz CT molecular complexity index is 796. The van der Waals surface area contributed by atoms with Crippen molar-refractivity contribution in [1.82, 2.24) is 14.9 Å². The highest BCUT2D eigenvalue weighted by atomic mass is 16.3. The highest BCUT2D eigenvalue weighted by Crippen LogP contribution is 2.34. The second-order valence-electron chi connectivity index (χ2n) is 7.05. The van der Waals surface area contributed by atoms with Crippen molar-refractivity contribution in [3.05, 3.63) is 28.7 Å². The first-order valence-electron chi connectivity index (χ1n) is 8.84. The van der Waals surface area contributed by atoms with Crippen molar-refractivity contribution in [3.63, 3.8) is 0 Å². The summed E-state index contributed by atoms with van der Waals surface area (Å²) in [5.41, 5.74) is 1.80. The summed E-state index contributed by atoms with van der Waals surface area (Å²) in [6, 6.07) is 5.06. The number of benzene rings is 1. The number of anilines is 1. The molecule has 1 fully saturated rings. The average Bonchev–Trinajstić information content (AvgIpc) is 3.00. The number of piperidine rings is 1. The lowest BCUT2D eigenvalue weighted by atomic mass is 9.76. The summed E-state index contributed by atoms with van der Waals surface area (Å²) in [6.07, 6.45) is 2.79. The molecule has 0 radical (unpaired) electrons. The van der Waals surface area contributed by atoms with E-state index in [-0.39, 0.29) is 29.7 Å². The van der Waals surface area contributed by atoms with Crippen molar-refractivity contribution >= 4 is 22.6 Å². The molecule has 1 atom stereocenters. The molecule has 2 aromatic rings. The minimum atomic E-state index is -0.261. The fourth-order valence-electron chi connectivity index (χ4n) is 3.53. The van der Waals surface area contributed by atoms with Crippen LogP contribution in [0.15, 0.2) is 23.0 Å². The number of likely N-dealkylation sites (tertiary alicyclic amines) is 1. The molecule has 1 amide bonds. The predicted octanol–water partition coefficient (Wildman–Crippen LogP) is 1.67. The number of imidazole rings is 1. The van der Waals surface area contributed by atoms with Gasteiger partial charge in [0, 0.05) is 12.3 Å². The molecule has 7 nitrogen and oxygen atoms in total. The molecule has 0 spiro atoms. The number of aromatic nitrogens is 2. The van der Waals surface area contributed by atoms with E-state index in [4.69, 9.17) is 0 Å². The Morgan fingerprint density at radius 3 is 2.64 bits per heavy atom. The number of hydrogen-bond acceptors (Lipinski definition) is 4. The number of amides is 1. The number of hydrogen-bond donors (Lipinski definition) is 4. The molecule has 2 heterocycles. The van der Waals surface area contributed by atoms with E-state index in [1.165, 1.54) is 0 Å². The predicted molar refractivity (Wildman–Crippen MR) is 97.6 cm³/mol. The van der Waals surface area contributed by atoms with Gasteiger partial charge in [0.05, 0.1) is 17.1 Å². The van der Waals surface area contributed by atoms with Gasteiger partial charge in [-0.2, -0.15) is 0 Å². The number of carbonyl (C=O) groups excluding carboxylic acids is 1. The van der Waals surface area contributed by atoms with Crippen LogP contribution in [0.3, 0.4) is 0 Å². The van der Waals surface area contributed by atoms with Crippen molar-refractivity contribution in [3.8, 4) is 0 Å². The maximum Gasteiger partial charge on any atom is 0.323 e. The number of rotatable bonds is 5. The van der Waals surface area contributed by atoms with Crippen LogP contribution in [0.2, 0.25) is 0 Å². The molecule has 1 aromatic heterocycles. The molecule has 0 bridgehead atoms. The van der Waals surface area contributed by atoms with Crippen LogP contribution < -0.4 is 11.0 Å². The van der Waals surface area contributed by atoms with Gasteiger partial charge in [-0.25, -0.2) is 4.79 Å². The van der Waals surface area contributed by atoms with E-state index in [1.54, 1.807) is 18.2 Å². The maximum atomic E-state index is 12.6. The van der Waals surface area contributed by atoms with Gasteiger partial charge in [0.25, 0.3) is 0 Å². The highest BCUT2D eigenvalue weighted by Gasteiger charge is 2.35. The summed E-state index contributed by atoms with van der Waals surface area (Å²) >= 11 is 0. The molecular weight excluding hydrogens is 320 g/mol. The van der Waals surface area contributed by atoms with Gasteiger partial charge in [-0.1, -0.05) is 6.92 Å². The normalized spacial score (nSPS) is 19.0. The molecule has 25 heavy (non-hydrogen) atoms. The Balaban J connectivity index is 1.63. The van der Waals surface area contributed by atoms with Crippen molar-refractivity contribution < 1.29 is 9.90 Å². The van der Waals surface area contributed by atoms with Crippen LogP contribution in [0, 0.1) is 5.41 Å². The van der Waals surface area contributed by atoms with Gasteiger partial charge in [0.2, 0.25) is 5.91 Å². The fourth-order valence-corrected chi connectivity index (χ4v) is 3.53. The minimum absolute atomic E-state index is 0.0118. The van der Waals surface area contributed by atoms with Crippen molar-refractivity contribution in [2.24, 2.45) is 5.41 Å². The molecule has 0 aliphatic carbocycles. The van der Waals surface area contributed by atoms with Crippen LogP contribution in [0.1, 0.15) is 33.1 Å². The first-order chi connectivity index (χ1) is 12.0. The number of aromatic amines is 2. The van der Waals surface area contributed by atoms with Crippen LogP contribution in [0.5, 0.6) is 0 Å². The Morgan fingerprint density at radius 1 is 1.32 bits per heavy atom. The van der Waals surface area contributed by atoms with Gasteiger partial charge in [-0.3, -0.25) is 9.69 Å². The molecule has 1 aromatic carbocycles. The van der Waals surface area contributed by atoms with E-state index >= 15 is 0 Å². The zero-order valence-electron chi connectivity index (χ0n) is 14.8. The van der Waals surface area contributed by atoms with Gasteiger partial charge in [-0.15, -0.1) is 0 Å². The molecule has 1 aliphatic rings. The summed E-state index contributed by atoms with van der Waals surface area (Å²) in [5.74, 6) is -0.0646. The van der Waals surface area contributed by atoms with Crippen LogP contribution in [0.25, 0.3) is 11.0 Å². The Hall–Kier alpha value is -2.12. The SMILES string of the molecule is CCC1(CO)CCN(C(C)C(=O)Nc2ccc3[nH]c(=O)[nH]c3c2)CC1. The molecule has 3 rings (SSSR count). The Labute approximate surface area is 146 Å². The van der Waals surface area contributed by atoms with Gasteiger partial charge in [-0.05, 0) is 62.9 Å². The van der Waals surface area contributed by atoms with Crippen molar-refractivity contribution in [1.29, 1.82) is 0 Å². The lowest BCUT2D eigenvalue weighted by molar-refractivity contribution is -0.121. The number of aliphatic hydroxyl groups is 1. The molecule has 1 aliphatic heterocycles. The standard InChI is InChI=1S/C18H26N4O3/c1-3-18(11-23)6-8-22(9-7-18)12(2)16(24)19-13-4-5-14-15(10-13)21-17(25)20-14/h4-5,10,12,23H,3,6-9,11H2,1-2H3,(H,19,24)(H2,20,21,25). The summed E-state index contributed by atoms with van der Waals surface area (Å²) in [6.45, 7) is 5.86. The second kappa shape index (κ2) is 7.01. The summed E-state index contributed by atoms with van der Waals surface area (Å²) < 4.78 is 0. The van der Waals surface area contributed by atoms with E-state index < -0.39 is 0 Å². The lowest BCUT2D eigenvalue weighted by Crippen LogP contribution is -2.49. The number of H-pyrrole nitrogens is 2. The van der Waals surface area contributed by atoms with E-state index in [0.717, 1.165) is 32.4 Å². The van der Waals surface area contributed by atoms with E-state index in [2.05, 4.69) is 27.1 Å². The second-order valence-corrected chi connectivity index (χ2v) is 7.05. The van der Waals surface area contributed by atoms with Crippen LogP contribution >= 0.6 is 0 Å². The lowest BCUT2D eigenvalue weighted by Gasteiger charge is -2.42. The van der Waals surface area contributed by atoms with Gasteiger partial charge in [0.1, 0.15) is 0 Å². The quantitative estimate of drug-likeness (QED) is 0.661. The third kappa shape index (κ3) is 3.62. The average molecular weight is 346 g/mol. The molecule has 1 saturated heterocycles.